The topological polar surface area (TPSA) is 33.1 Å². The summed E-state index contributed by atoms with van der Waals surface area (Å²) < 4.78 is 1.98. The minimum Gasteiger partial charge on any atom is -0.309 e. The van der Waals surface area contributed by atoms with Gasteiger partial charge >= 0.3 is 0 Å². The predicted molar refractivity (Wildman–Crippen MR) is 83.7 cm³/mol. The molecular formula is C16H30N4. The summed E-state index contributed by atoms with van der Waals surface area (Å²) in [7, 11) is 6.48. The molecule has 1 aliphatic carbocycles. The molecule has 2 unspecified atom stereocenters. The van der Waals surface area contributed by atoms with Crippen molar-refractivity contribution < 1.29 is 0 Å². The number of aryl methyl sites for hydroxylation is 2. The molecular weight excluding hydrogens is 248 g/mol. The molecule has 0 spiro atoms. The van der Waals surface area contributed by atoms with E-state index in [9.17, 15) is 0 Å². The molecule has 1 N–H and O–H groups in total. The van der Waals surface area contributed by atoms with Crippen molar-refractivity contribution in [2.24, 2.45) is 13.0 Å². The van der Waals surface area contributed by atoms with Gasteiger partial charge in [-0.25, -0.2) is 0 Å². The van der Waals surface area contributed by atoms with Crippen molar-refractivity contribution >= 4 is 0 Å². The molecule has 20 heavy (non-hydrogen) atoms. The Morgan fingerprint density at radius 3 is 2.80 bits per heavy atom. The maximum atomic E-state index is 4.41. The Morgan fingerprint density at radius 1 is 1.50 bits per heavy atom. The fourth-order valence-corrected chi connectivity index (χ4v) is 3.61. The lowest BCUT2D eigenvalue weighted by Gasteiger charge is -2.45. The summed E-state index contributed by atoms with van der Waals surface area (Å²) in [5.41, 5.74) is 2.68. The van der Waals surface area contributed by atoms with E-state index < -0.39 is 0 Å². The zero-order valence-electron chi connectivity index (χ0n) is 13.7. The van der Waals surface area contributed by atoms with Crippen LogP contribution in [0.1, 0.15) is 44.0 Å². The zero-order valence-corrected chi connectivity index (χ0v) is 13.7. The highest BCUT2D eigenvalue weighted by Crippen LogP contribution is 2.35. The molecule has 0 amide bonds. The van der Waals surface area contributed by atoms with E-state index in [1.807, 2.05) is 18.7 Å². The molecule has 114 valence electrons. The maximum Gasteiger partial charge on any atom is 0.0597 e. The van der Waals surface area contributed by atoms with Crippen LogP contribution in [0.4, 0.5) is 0 Å². The van der Waals surface area contributed by atoms with Crippen LogP contribution in [0, 0.1) is 12.8 Å². The minimum atomic E-state index is 0.325. The highest BCUT2D eigenvalue weighted by Gasteiger charge is 2.36. The molecule has 1 fully saturated rings. The van der Waals surface area contributed by atoms with Crippen LogP contribution in [-0.2, 0) is 13.6 Å². The molecule has 0 saturated heterocycles. The Labute approximate surface area is 123 Å². The minimum absolute atomic E-state index is 0.325. The quantitative estimate of drug-likeness (QED) is 0.897. The van der Waals surface area contributed by atoms with Crippen LogP contribution < -0.4 is 5.32 Å². The first-order valence-electron chi connectivity index (χ1n) is 7.80. The predicted octanol–water partition coefficient (Wildman–Crippen LogP) is 2.33. The molecule has 1 saturated carbocycles. The third kappa shape index (κ3) is 3.41. The summed E-state index contributed by atoms with van der Waals surface area (Å²) in [4.78, 5) is 2.43. The first kappa shape index (κ1) is 15.5. The molecule has 4 heteroatoms. The van der Waals surface area contributed by atoms with Crippen molar-refractivity contribution in [3.05, 3.63) is 17.5 Å². The molecule has 1 aromatic heterocycles. The smallest absolute Gasteiger partial charge is 0.0597 e. The molecule has 4 nitrogen and oxygen atoms in total. The summed E-state index contributed by atoms with van der Waals surface area (Å²) in [5, 5.41) is 8.07. The van der Waals surface area contributed by atoms with Crippen LogP contribution >= 0.6 is 0 Å². The van der Waals surface area contributed by atoms with Crippen LogP contribution in [0.2, 0.25) is 0 Å². The second-order valence-corrected chi connectivity index (χ2v) is 6.82. The van der Waals surface area contributed by atoms with E-state index in [0.29, 0.717) is 5.54 Å². The van der Waals surface area contributed by atoms with E-state index in [1.165, 1.54) is 31.4 Å². The van der Waals surface area contributed by atoms with Crippen molar-refractivity contribution in [2.75, 3.05) is 20.6 Å². The van der Waals surface area contributed by atoms with Crippen molar-refractivity contribution in [2.45, 2.75) is 51.6 Å². The Balaban J connectivity index is 1.94. The van der Waals surface area contributed by atoms with Gasteiger partial charge in [0.1, 0.15) is 0 Å². The second kappa shape index (κ2) is 6.27. The fourth-order valence-electron chi connectivity index (χ4n) is 3.61. The lowest BCUT2D eigenvalue weighted by atomic mass is 9.75. The van der Waals surface area contributed by atoms with E-state index >= 15 is 0 Å². The Morgan fingerprint density at radius 2 is 2.25 bits per heavy atom. The van der Waals surface area contributed by atoms with Crippen molar-refractivity contribution in [3.63, 3.8) is 0 Å². The van der Waals surface area contributed by atoms with Crippen LogP contribution in [0.3, 0.4) is 0 Å². The van der Waals surface area contributed by atoms with Gasteiger partial charge in [-0.1, -0.05) is 19.8 Å². The number of aromatic nitrogens is 2. The number of nitrogens with one attached hydrogen (secondary N) is 1. The molecule has 0 bridgehead atoms. The zero-order chi connectivity index (χ0) is 14.8. The monoisotopic (exact) mass is 278 g/mol. The standard InChI is InChI=1S/C16H30N4/c1-13-7-6-8-16(10-13,19(3)4)12-17-11-15-9-14(2)18-20(15)5/h9,13,17H,6-8,10-12H2,1-5H3. The fraction of sp³-hybridized carbons (Fsp3) is 0.812. The van der Waals surface area contributed by atoms with Crippen molar-refractivity contribution in [1.82, 2.24) is 20.0 Å². The van der Waals surface area contributed by atoms with Crippen LogP contribution in [0.5, 0.6) is 0 Å². The van der Waals surface area contributed by atoms with Gasteiger partial charge in [-0.3, -0.25) is 4.68 Å². The Bertz CT molecular complexity index is 438. The molecule has 1 aliphatic rings. The van der Waals surface area contributed by atoms with Gasteiger partial charge in [0.2, 0.25) is 0 Å². The molecule has 1 aromatic rings. The lowest BCUT2D eigenvalue weighted by molar-refractivity contribution is 0.0748. The van der Waals surface area contributed by atoms with Gasteiger partial charge in [-0.05, 0) is 45.8 Å². The van der Waals surface area contributed by atoms with E-state index in [-0.39, 0.29) is 0 Å². The normalized spacial score (nSPS) is 27.2. The molecule has 0 radical (unpaired) electrons. The Kier molecular flexibility index (Phi) is 4.86. The molecule has 1 heterocycles. The van der Waals surface area contributed by atoms with E-state index in [2.05, 4.69) is 42.4 Å². The van der Waals surface area contributed by atoms with Gasteiger partial charge in [0.05, 0.1) is 11.4 Å². The van der Waals surface area contributed by atoms with Crippen molar-refractivity contribution in [3.8, 4) is 0 Å². The Hall–Kier alpha value is -0.870. The summed E-state index contributed by atoms with van der Waals surface area (Å²) >= 11 is 0. The average molecular weight is 278 g/mol. The van der Waals surface area contributed by atoms with E-state index in [1.54, 1.807) is 0 Å². The number of hydrogen-bond acceptors (Lipinski definition) is 3. The first-order chi connectivity index (χ1) is 9.43. The molecule has 0 aliphatic heterocycles. The SMILES string of the molecule is Cc1cc(CNCC2(N(C)C)CCCC(C)C2)n(C)n1. The van der Waals surface area contributed by atoms with Gasteiger partial charge in [-0.15, -0.1) is 0 Å². The average Bonchev–Trinajstić information content (AvgIpc) is 2.68. The van der Waals surface area contributed by atoms with E-state index in [0.717, 1.165) is 24.7 Å². The van der Waals surface area contributed by atoms with Crippen molar-refractivity contribution in [1.29, 1.82) is 0 Å². The molecule has 2 rings (SSSR count). The largest absolute Gasteiger partial charge is 0.309 e. The van der Waals surface area contributed by atoms with Gasteiger partial charge in [0.25, 0.3) is 0 Å². The summed E-state index contributed by atoms with van der Waals surface area (Å²) in [6, 6.07) is 2.17. The van der Waals surface area contributed by atoms with E-state index in [4.69, 9.17) is 0 Å². The maximum absolute atomic E-state index is 4.41. The summed E-state index contributed by atoms with van der Waals surface area (Å²) in [6.07, 6.45) is 5.35. The first-order valence-corrected chi connectivity index (χ1v) is 7.80. The van der Waals surface area contributed by atoms with Crippen LogP contribution in [-0.4, -0.2) is 40.9 Å². The summed E-state index contributed by atoms with van der Waals surface area (Å²) in [5.74, 6) is 0.840. The third-order valence-electron chi connectivity index (χ3n) is 4.88. The number of likely N-dealkylation sites (N-methyl/N-ethyl adjacent to an activating group) is 1. The van der Waals surface area contributed by atoms with Crippen LogP contribution in [0.25, 0.3) is 0 Å². The number of nitrogens with zero attached hydrogens (tertiary/aromatic N) is 3. The molecule has 2 atom stereocenters. The lowest BCUT2D eigenvalue weighted by Crippen LogP contribution is -2.54. The second-order valence-electron chi connectivity index (χ2n) is 6.82. The van der Waals surface area contributed by atoms with Gasteiger partial charge in [0, 0.05) is 25.7 Å². The number of hydrogen-bond donors (Lipinski definition) is 1. The highest BCUT2D eigenvalue weighted by atomic mass is 15.3. The van der Waals surface area contributed by atoms with Gasteiger partial charge in [-0.2, -0.15) is 5.10 Å². The highest BCUT2D eigenvalue weighted by molar-refractivity contribution is 5.08. The number of rotatable bonds is 5. The van der Waals surface area contributed by atoms with Gasteiger partial charge in [0.15, 0.2) is 0 Å². The summed E-state index contributed by atoms with van der Waals surface area (Å²) in [6.45, 7) is 6.41. The molecule has 0 aromatic carbocycles. The van der Waals surface area contributed by atoms with Crippen LogP contribution in [0.15, 0.2) is 6.07 Å². The third-order valence-corrected chi connectivity index (χ3v) is 4.88. The van der Waals surface area contributed by atoms with Gasteiger partial charge < -0.3 is 10.2 Å².